The largest absolute Gasteiger partial charge is 0.245 e. The summed E-state index contributed by atoms with van der Waals surface area (Å²) in [6.07, 6.45) is 1.66. The zero-order valence-corrected chi connectivity index (χ0v) is 8.63. The van der Waals surface area contributed by atoms with E-state index in [4.69, 9.17) is 11.6 Å². The molecule has 0 fully saturated rings. The van der Waals surface area contributed by atoms with E-state index >= 15 is 0 Å². The van der Waals surface area contributed by atoms with Crippen LogP contribution in [0, 0.1) is 0 Å². The topological polar surface area (TPSA) is 12.9 Å². The Hall–Kier alpha value is 0.959. The first-order valence-electron chi connectivity index (χ1n) is 1.96. The maximum absolute atomic E-state index is 5.43. The van der Waals surface area contributed by atoms with Crippen LogP contribution in [0.2, 0.25) is 5.15 Å². The number of rotatable bonds is 0. The van der Waals surface area contributed by atoms with E-state index in [1.807, 2.05) is 12.1 Å². The van der Waals surface area contributed by atoms with Crippen molar-refractivity contribution in [3.05, 3.63) is 29.5 Å². The van der Waals surface area contributed by atoms with Crippen molar-refractivity contribution in [2.75, 3.05) is 0 Å². The Morgan fingerprint density at radius 3 is 2.22 bits per heavy atom. The number of aromatic nitrogens is 1. The zero-order chi connectivity index (χ0) is 5.11. The molecule has 2 radical (unpaired) electrons. The fourth-order valence-electron chi connectivity index (χ4n) is 0.342. The molecule has 1 nitrogen and oxygen atoms in total. The van der Waals surface area contributed by atoms with E-state index in [1.54, 1.807) is 12.3 Å². The second-order valence-electron chi connectivity index (χ2n) is 1.15. The minimum Gasteiger partial charge on any atom is -0.245 e. The van der Waals surface area contributed by atoms with Gasteiger partial charge in [0.2, 0.25) is 0 Å². The molecule has 1 rings (SSSR count). The van der Waals surface area contributed by atoms with Crippen molar-refractivity contribution in [1.29, 1.82) is 0 Å². The maximum Gasteiger partial charge on any atom is 0.129 e. The number of hydrogen-bond donors (Lipinski definition) is 0. The molecule has 1 aromatic heterocycles. The molecular formula is C5H4ClCuNNa. The SMILES string of the molecule is Clc1ccccn1.[Cu].[Na]. The van der Waals surface area contributed by atoms with Crippen LogP contribution in [0.15, 0.2) is 24.4 Å². The van der Waals surface area contributed by atoms with Crippen molar-refractivity contribution in [3.63, 3.8) is 0 Å². The van der Waals surface area contributed by atoms with Crippen molar-refractivity contribution in [2.24, 2.45) is 0 Å². The summed E-state index contributed by atoms with van der Waals surface area (Å²) in [5, 5.41) is 0.544. The quantitative estimate of drug-likeness (QED) is 0.455. The first-order valence-corrected chi connectivity index (χ1v) is 2.34. The molecule has 9 heavy (non-hydrogen) atoms. The van der Waals surface area contributed by atoms with Gasteiger partial charge in [0, 0.05) is 52.8 Å². The monoisotopic (exact) mass is 199 g/mol. The fraction of sp³-hybridized carbons (Fsp3) is 0. The molecule has 4 heteroatoms. The zero-order valence-electron chi connectivity index (χ0n) is 4.94. The molecule has 0 aliphatic heterocycles. The summed E-state index contributed by atoms with van der Waals surface area (Å²) in [7, 11) is 0. The molecule has 0 saturated heterocycles. The Morgan fingerprint density at radius 1 is 1.33 bits per heavy atom. The molecule has 1 heterocycles. The van der Waals surface area contributed by atoms with Crippen molar-refractivity contribution >= 4 is 41.2 Å². The van der Waals surface area contributed by atoms with Crippen molar-refractivity contribution < 1.29 is 17.1 Å². The van der Waals surface area contributed by atoms with Gasteiger partial charge in [-0.1, -0.05) is 17.7 Å². The summed E-state index contributed by atoms with van der Waals surface area (Å²) in [5.74, 6) is 0. The molecule has 0 spiro atoms. The summed E-state index contributed by atoms with van der Waals surface area (Å²) >= 11 is 5.43. The summed E-state index contributed by atoms with van der Waals surface area (Å²) in [5.41, 5.74) is 0. The van der Waals surface area contributed by atoms with Gasteiger partial charge in [0.15, 0.2) is 0 Å². The van der Waals surface area contributed by atoms with Crippen LogP contribution in [0.3, 0.4) is 0 Å². The van der Waals surface area contributed by atoms with Gasteiger partial charge in [0.1, 0.15) is 5.15 Å². The van der Waals surface area contributed by atoms with Gasteiger partial charge in [-0.15, -0.1) is 0 Å². The van der Waals surface area contributed by atoms with E-state index in [0.29, 0.717) is 5.15 Å². The molecule has 0 aliphatic rings. The van der Waals surface area contributed by atoms with Crippen LogP contribution in [0.25, 0.3) is 0 Å². The second-order valence-corrected chi connectivity index (χ2v) is 1.54. The Labute approximate surface area is 92.0 Å². The van der Waals surface area contributed by atoms with Gasteiger partial charge in [-0.05, 0) is 12.1 Å². The molecule has 0 bridgehead atoms. The Morgan fingerprint density at radius 2 is 2.00 bits per heavy atom. The first-order chi connectivity index (χ1) is 3.39. The van der Waals surface area contributed by atoms with Gasteiger partial charge in [-0.3, -0.25) is 0 Å². The minimum absolute atomic E-state index is 0. The smallest absolute Gasteiger partial charge is 0.129 e. The third-order valence-corrected chi connectivity index (χ3v) is 0.852. The van der Waals surface area contributed by atoms with Gasteiger partial charge in [-0.2, -0.15) is 0 Å². The van der Waals surface area contributed by atoms with E-state index in [9.17, 15) is 0 Å². The molecule has 0 saturated carbocycles. The van der Waals surface area contributed by atoms with Gasteiger partial charge < -0.3 is 0 Å². The third kappa shape index (κ3) is 5.41. The summed E-state index contributed by atoms with van der Waals surface area (Å²) in [6, 6.07) is 5.41. The molecule has 1 aromatic rings. The van der Waals surface area contributed by atoms with Gasteiger partial charge >= 0.3 is 0 Å². The predicted molar refractivity (Wildman–Crippen MR) is 35.0 cm³/mol. The standard InChI is InChI=1S/C5H4ClN.Cu.Na/c6-5-3-1-2-4-7-5;;/h1-4H;;. The predicted octanol–water partition coefficient (Wildman–Crippen LogP) is 1.35. The Balaban J connectivity index is 0. The molecule has 0 unspecified atom stereocenters. The van der Waals surface area contributed by atoms with E-state index < -0.39 is 0 Å². The van der Waals surface area contributed by atoms with Crippen LogP contribution >= 0.6 is 11.6 Å². The third-order valence-electron chi connectivity index (χ3n) is 0.629. The first kappa shape index (κ1) is 12.6. The van der Waals surface area contributed by atoms with Gasteiger partial charge in [0.05, 0.1) is 0 Å². The van der Waals surface area contributed by atoms with E-state index in [0.717, 1.165) is 0 Å². The number of halogens is 1. The molecule has 0 aliphatic carbocycles. The van der Waals surface area contributed by atoms with E-state index in [1.165, 1.54) is 0 Å². The second kappa shape index (κ2) is 7.07. The summed E-state index contributed by atoms with van der Waals surface area (Å²) < 4.78 is 0. The van der Waals surface area contributed by atoms with Crippen LogP contribution in [-0.2, 0) is 17.1 Å². The molecule has 0 atom stereocenters. The van der Waals surface area contributed by atoms with Crippen LogP contribution in [-0.4, -0.2) is 34.5 Å². The van der Waals surface area contributed by atoms with Crippen molar-refractivity contribution in [1.82, 2.24) is 4.98 Å². The maximum atomic E-state index is 5.43. The van der Waals surface area contributed by atoms with E-state index in [-0.39, 0.29) is 46.6 Å². The number of hydrogen-bond acceptors (Lipinski definition) is 1. The van der Waals surface area contributed by atoms with Crippen LogP contribution in [0.4, 0.5) is 0 Å². The summed E-state index contributed by atoms with van der Waals surface area (Å²) in [6.45, 7) is 0. The number of nitrogens with zero attached hydrogens (tertiary/aromatic N) is 1. The van der Waals surface area contributed by atoms with Crippen LogP contribution in [0.1, 0.15) is 0 Å². The fourth-order valence-corrected chi connectivity index (χ4v) is 0.471. The molecule has 48 valence electrons. The van der Waals surface area contributed by atoms with Gasteiger partial charge in [-0.25, -0.2) is 4.98 Å². The van der Waals surface area contributed by atoms with E-state index in [2.05, 4.69) is 4.98 Å². The minimum atomic E-state index is 0. The van der Waals surface area contributed by atoms with Gasteiger partial charge in [0.25, 0.3) is 0 Å². The van der Waals surface area contributed by atoms with Crippen LogP contribution < -0.4 is 0 Å². The molecule has 0 N–H and O–H groups in total. The Bertz CT molecular complexity index is 147. The average Bonchev–Trinajstić information content (AvgIpc) is 1.69. The average molecular weight is 200 g/mol. The molecular weight excluding hydrogens is 196 g/mol. The Kier molecular flexibility index (Phi) is 9.91. The van der Waals surface area contributed by atoms with Crippen LogP contribution in [0.5, 0.6) is 0 Å². The summed E-state index contributed by atoms with van der Waals surface area (Å²) in [4.78, 5) is 3.74. The normalized spacial score (nSPS) is 6.78. The number of pyridine rings is 1. The van der Waals surface area contributed by atoms with Crippen molar-refractivity contribution in [3.8, 4) is 0 Å². The van der Waals surface area contributed by atoms with Crippen molar-refractivity contribution in [2.45, 2.75) is 0 Å². The molecule has 0 amide bonds. The molecule has 0 aromatic carbocycles.